The molecule has 0 aliphatic carbocycles. The second-order valence-electron chi connectivity index (χ2n) is 9.73. The Kier molecular flexibility index (Phi) is 7.94. The zero-order valence-electron chi connectivity index (χ0n) is 21.3. The Morgan fingerprint density at radius 2 is 1.82 bits per heavy atom. The molecule has 2 heterocycles. The van der Waals surface area contributed by atoms with E-state index in [1.165, 1.54) is 23.5 Å². The van der Waals surface area contributed by atoms with Crippen LogP contribution >= 0.6 is 11.3 Å². The van der Waals surface area contributed by atoms with Gasteiger partial charge in [-0.3, -0.25) is 9.59 Å². The predicted octanol–water partition coefficient (Wildman–Crippen LogP) is 6.85. The van der Waals surface area contributed by atoms with Crippen molar-refractivity contribution in [3.8, 4) is 11.1 Å². The molecule has 1 saturated heterocycles. The minimum Gasteiger partial charge on any atom is -0.343 e. The SMILES string of the molecule is Cc1ccc(NC(=O)c2csc(C3CCN(C(=O)CCc4cccc(F)c4)CC3)n2)c(-c2ccccc2)c1. The first-order chi connectivity index (χ1) is 18.5. The number of aryl methyl sites for hydroxylation is 2. The van der Waals surface area contributed by atoms with E-state index in [9.17, 15) is 14.0 Å². The minimum atomic E-state index is -0.275. The Labute approximate surface area is 226 Å². The third kappa shape index (κ3) is 6.17. The lowest BCUT2D eigenvalue weighted by Crippen LogP contribution is -2.38. The molecule has 38 heavy (non-hydrogen) atoms. The molecule has 1 aliphatic rings. The van der Waals surface area contributed by atoms with Crippen LogP contribution in [0.1, 0.15) is 51.8 Å². The van der Waals surface area contributed by atoms with Crippen molar-refractivity contribution in [2.75, 3.05) is 18.4 Å². The molecule has 2 amide bonds. The molecule has 5 rings (SSSR count). The third-order valence-electron chi connectivity index (χ3n) is 6.98. The molecule has 1 fully saturated rings. The van der Waals surface area contributed by atoms with Crippen LogP contribution in [0, 0.1) is 12.7 Å². The van der Waals surface area contributed by atoms with E-state index < -0.39 is 0 Å². The van der Waals surface area contributed by atoms with Crippen LogP contribution < -0.4 is 5.32 Å². The Hall–Kier alpha value is -3.84. The summed E-state index contributed by atoms with van der Waals surface area (Å²) in [5.41, 5.74) is 5.15. The summed E-state index contributed by atoms with van der Waals surface area (Å²) in [5.74, 6) is -0.173. The van der Waals surface area contributed by atoms with Gasteiger partial charge in [-0.1, -0.05) is 54.1 Å². The number of hydrogen-bond donors (Lipinski definition) is 1. The van der Waals surface area contributed by atoms with Crippen molar-refractivity contribution < 1.29 is 14.0 Å². The highest BCUT2D eigenvalue weighted by Gasteiger charge is 2.26. The number of carbonyl (C=O) groups is 2. The van der Waals surface area contributed by atoms with Crippen molar-refractivity contribution in [1.29, 1.82) is 0 Å². The molecule has 5 nitrogen and oxygen atoms in total. The molecule has 0 atom stereocenters. The number of hydrogen-bond acceptors (Lipinski definition) is 4. The van der Waals surface area contributed by atoms with Gasteiger partial charge in [-0.15, -0.1) is 11.3 Å². The second-order valence-corrected chi connectivity index (χ2v) is 10.6. The maximum atomic E-state index is 13.4. The summed E-state index contributed by atoms with van der Waals surface area (Å²) in [6.45, 7) is 3.36. The number of amides is 2. The second kappa shape index (κ2) is 11.7. The molecule has 3 aromatic carbocycles. The fourth-order valence-corrected chi connectivity index (χ4v) is 5.84. The Bertz CT molecular complexity index is 1430. The van der Waals surface area contributed by atoms with Crippen molar-refractivity contribution in [1.82, 2.24) is 9.88 Å². The maximum absolute atomic E-state index is 13.4. The number of benzene rings is 3. The van der Waals surface area contributed by atoms with Gasteiger partial charge in [0, 0.05) is 42.1 Å². The molecular formula is C31H30FN3O2S. The summed E-state index contributed by atoms with van der Waals surface area (Å²) in [6.07, 6.45) is 2.54. The zero-order chi connectivity index (χ0) is 26.5. The van der Waals surface area contributed by atoms with Gasteiger partial charge in [0.1, 0.15) is 11.5 Å². The molecule has 0 unspecified atom stereocenters. The average molecular weight is 528 g/mol. The van der Waals surface area contributed by atoms with Gasteiger partial charge in [-0.2, -0.15) is 0 Å². The summed E-state index contributed by atoms with van der Waals surface area (Å²) >= 11 is 1.51. The number of carbonyl (C=O) groups excluding carboxylic acids is 2. The number of aromatic nitrogens is 1. The van der Waals surface area contributed by atoms with Crippen molar-refractivity contribution in [2.45, 2.75) is 38.5 Å². The lowest BCUT2D eigenvalue weighted by atomic mass is 9.97. The van der Waals surface area contributed by atoms with E-state index in [4.69, 9.17) is 0 Å². The van der Waals surface area contributed by atoms with Gasteiger partial charge in [0.25, 0.3) is 5.91 Å². The van der Waals surface area contributed by atoms with Crippen LogP contribution in [0.2, 0.25) is 0 Å². The van der Waals surface area contributed by atoms with E-state index in [0.717, 1.165) is 45.8 Å². The molecule has 0 radical (unpaired) electrons. The van der Waals surface area contributed by atoms with E-state index in [-0.39, 0.29) is 23.5 Å². The van der Waals surface area contributed by atoms with Gasteiger partial charge < -0.3 is 10.2 Å². The smallest absolute Gasteiger partial charge is 0.275 e. The third-order valence-corrected chi connectivity index (χ3v) is 7.98. The van der Waals surface area contributed by atoms with Gasteiger partial charge in [0.15, 0.2) is 0 Å². The summed E-state index contributed by atoms with van der Waals surface area (Å²) < 4.78 is 13.4. The zero-order valence-corrected chi connectivity index (χ0v) is 22.1. The van der Waals surface area contributed by atoms with E-state index in [0.29, 0.717) is 31.6 Å². The molecule has 0 bridgehead atoms. The summed E-state index contributed by atoms with van der Waals surface area (Å²) in [4.78, 5) is 32.3. The summed E-state index contributed by atoms with van der Waals surface area (Å²) in [6, 6.07) is 22.4. The number of piperidine rings is 1. The highest BCUT2D eigenvalue weighted by molar-refractivity contribution is 7.10. The van der Waals surface area contributed by atoms with Gasteiger partial charge in [0.2, 0.25) is 5.91 Å². The maximum Gasteiger partial charge on any atom is 0.275 e. The molecule has 1 aromatic heterocycles. The molecule has 7 heteroatoms. The monoisotopic (exact) mass is 527 g/mol. The van der Waals surface area contributed by atoms with Gasteiger partial charge in [0.05, 0.1) is 5.01 Å². The van der Waals surface area contributed by atoms with Gasteiger partial charge in [-0.25, -0.2) is 9.37 Å². The molecule has 0 saturated carbocycles. The molecule has 194 valence electrons. The van der Waals surface area contributed by atoms with Crippen LogP contribution in [0.15, 0.2) is 78.2 Å². The number of likely N-dealkylation sites (tertiary alicyclic amines) is 1. The number of halogens is 1. The lowest BCUT2D eigenvalue weighted by Gasteiger charge is -2.31. The normalized spacial score (nSPS) is 13.9. The van der Waals surface area contributed by atoms with Crippen molar-refractivity contribution in [2.24, 2.45) is 0 Å². The Morgan fingerprint density at radius 1 is 1.03 bits per heavy atom. The topological polar surface area (TPSA) is 62.3 Å². The van der Waals surface area contributed by atoms with Crippen molar-refractivity contribution >= 4 is 28.8 Å². The van der Waals surface area contributed by atoms with E-state index in [2.05, 4.69) is 16.4 Å². The molecule has 1 N–H and O–H groups in total. The summed E-state index contributed by atoms with van der Waals surface area (Å²) in [5, 5.41) is 5.81. The van der Waals surface area contributed by atoms with E-state index >= 15 is 0 Å². The first kappa shape index (κ1) is 25.8. The number of nitrogens with zero attached hydrogens (tertiary/aromatic N) is 2. The highest BCUT2D eigenvalue weighted by atomic mass is 32.1. The van der Waals surface area contributed by atoms with E-state index in [1.807, 2.05) is 65.7 Å². The number of anilines is 1. The fourth-order valence-electron chi connectivity index (χ4n) is 4.87. The minimum absolute atomic E-state index is 0.0965. The highest BCUT2D eigenvalue weighted by Crippen LogP contribution is 2.32. The molecular weight excluding hydrogens is 497 g/mol. The standard InChI is InChI=1S/C31H30FN3O2S/c1-21-10-12-27(26(18-21)23-7-3-2-4-8-23)33-30(37)28-20-38-31(34-28)24-14-16-35(17-15-24)29(36)13-11-22-6-5-9-25(32)19-22/h2-10,12,18-20,24H,11,13-17H2,1H3,(H,33,37). The van der Waals surface area contributed by atoms with Gasteiger partial charge in [-0.05, 0) is 61.6 Å². The Balaban J connectivity index is 1.17. The number of rotatable bonds is 7. The van der Waals surface area contributed by atoms with Crippen LogP contribution in [-0.4, -0.2) is 34.8 Å². The van der Waals surface area contributed by atoms with Crippen LogP contribution in [0.3, 0.4) is 0 Å². The van der Waals surface area contributed by atoms with Crippen LogP contribution in [0.5, 0.6) is 0 Å². The number of nitrogens with one attached hydrogen (secondary N) is 1. The van der Waals surface area contributed by atoms with Crippen molar-refractivity contribution in [3.63, 3.8) is 0 Å². The summed E-state index contributed by atoms with van der Waals surface area (Å²) in [7, 11) is 0. The van der Waals surface area contributed by atoms with Crippen LogP contribution in [0.4, 0.5) is 10.1 Å². The first-order valence-corrected chi connectivity index (χ1v) is 13.8. The average Bonchev–Trinajstić information content (AvgIpc) is 3.44. The predicted molar refractivity (Wildman–Crippen MR) is 150 cm³/mol. The number of thiazole rings is 1. The fraction of sp³-hybridized carbons (Fsp3) is 0.258. The van der Waals surface area contributed by atoms with Crippen LogP contribution in [-0.2, 0) is 11.2 Å². The quantitative estimate of drug-likeness (QED) is 0.286. The van der Waals surface area contributed by atoms with Gasteiger partial charge >= 0.3 is 0 Å². The molecule has 1 aliphatic heterocycles. The van der Waals surface area contributed by atoms with Crippen molar-refractivity contribution in [3.05, 3.63) is 106 Å². The molecule has 4 aromatic rings. The molecule has 0 spiro atoms. The largest absolute Gasteiger partial charge is 0.343 e. The van der Waals surface area contributed by atoms with Crippen LogP contribution in [0.25, 0.3) is 11.1 Å². The lowest BCUT2D eigenvalue weighted by molar-refractivity contribution is -0.132. The first-order valence-electron chi connectivity index (χ1n) is 12.9. The Morgan fingerprint density at radius 3 is 2.58 bits per heavy atom. The van der Waals surface area contributed by atoms with E-state index in [1.54, 1.807) is 6.07 Å².